The van der Waals surface area contributed by atoms with Crippen molar-refractivity contribution < 1.29 is 0 Å². The quantitative estimate of drug-likeness (QED) is 0.164. The van der Waals surface area contributed by atoms with Crippen molar-refractivity contribution in [2.45, 2.75) is 10.8 Å². The summed E-state index contributed by atoms with van der Waals surface area (Å²) in [5, 5.41) is 2.46. The molecule has 0 aromatic heterocycles. The summed E-state index contributed by atoms with van der Waals surface area (Å²) >= 11 is 0. The van der Waals surface area contributed by atoms with Crippen LogP contribution in [0.4, 0.5) is 34.1 Å². The molecule has 0 radical (unpaired) electrons. The molecule has 0 atom stereocenters. The lowest BCUT2D eigenvalue weighted by molar-refractivity contribution is 0.752. The number of para-hydroxylation sites is 4. The number of nitrogens with zero attached hydrogens (tertiary/aromatic N) is 2. The van der Waals surface area contributed by atoms with E-state index in [4.69, 9.17) is 0 Å². The van der Waals surface area contributed by atoms with E-state index in [9.17, 15) is 0 Å². The number of hydrogen-bond acceptors (Lipinski definition) is 2. The van der Waals surface area contributed by atoms with Gasteiger partial charge in [-0.1, -0.05) is 255 Å². The lowest BCUT2D eigenvalue weighted by Crippen LogP contribution is -2.36. The van der Waals surface area contributed by atoms with Crippen molar-refractivity contribution in [3.63, 3.8) is 0 Å². The van der Waals surface area contributed by atoms with Crippen LogP contribution in [0.25, 0.3) is 66.4 Å². The summed E-state index contributed by atoms with van der Waals surface area (Å²) in [6, 6.07) is 114. The predicted octanol–water partition coefficient (Wildman–Crippen LogP) is 20.1. The highest BCUT2D eigenvalue weighted by atomic mass is 15.2. The summed E-state index contributed by atoms with van der Waals surface area (Å²) in [5.74, 6) is 0. The third kappa shape index (κ3) is 5.92. The van der Waals surface area contributed by atoms with Crippen LogP contribution in [0.5, 0.6) is 0 Å². The van der Waals surface area contributed by atoms with Crippen molar-refractivity contribution in [1.82, 2.24) is 0 Å². The number of rotatable bonds is 6. The Morgan fingerprint density at radius 1 is 0.250 bits per heavy atom. The molecule has 2 spiro atoms. The molecular formula is C78H50N2. The van der Waals surface area contributed by atoms with Crippen molar-refractivity contribution in [2.75, 3.05) is 9.80 Å². The fourth-order valence-electron chi connectivity index (χ4n) is 15.1. The first kappa shape index (κ1) is 44.8. The fourth-order valence-corrected chi connectivity index (χ4v) is 15.1. The zero-order valence-electron chi connectivity index (χ0n) is 43.8. The Hall–Kier alpha value is -10.3. The Morgan fingerprint density at radius 2 is 0.662 bits per heavy atom. The Bertz CT molecular complexity index is 4580. The Kier molecular flexibility index (Phi) is 9.58. The SMILES string of the molecule is c1ccc(N2c3ccccc3C3(c4ccccc4-c4c(N(c5ccc6c(c5)C5(c7ccccc7-c7ccccc75)c5ccccc5-6)c5ccccc5-c5ccccc5-c5cccc6ccccc56)cccc43)c3ccccc32)cc1. The van der Waals surface area contributed by atoms with Crippen molar-refractivity contribution in [2.24, 2.45) is 0 Å². The molecule has 13 aromatic carbocycles. The van der Waals surface area contributed by atoms with Gasteiger partial charge in [-0.25, -0.2) is 0 Å². The molecule has 2 nitrogen and oxygen atoms in total. The van der Waals surface area contributed by atoms with Crippen LogP contribution in [0.3, 0.4) is 0 Å². The molecule has 3 aliphatic carbocycles. The minimum atomic E-state index is -0.645. The summed E-state index contributed by atoms with van der Waals surface area (Å²) in [5.41, 5.74) is 28.3. The van der Waals surface area contributed by atoms with Crippen LogP contribution in [0.1, 0.15) is 44.5 Å². The Labute approximate surface area is 466 Å². The third-order valence-electron chi connectivity index (χ3n) is 18.1. The molecule has 0 bridgehead atoms. The second kappa shape index (κ2) is 17.1. The maximum absolute atomic E-state index is 2.62. The molecule has 0 saturated carbocycles. The van der Waals surface area contributed by atoms with Gasteiger partial charge in [0.1, 0.15) is 0 Å². The summed E-state index contributed by atoms with van der Waals surface area (Å²) < 4.78 is 0. The van der Waals surface area contributed by atoms with Crippen LogP contribution < -0.4 is 9.80 Å². The molecule has 0 unspecified atom stereocenters. The third-order valence-corrected chi connectivity index (χ3v) is 18.1. The lowest BCUT2D eigenvalue weighted by Gasteiger charge is -2.45. The molecule has 80 heavy (non-hydrogen) atoms. The van der Waals surface area contributed by atoms with Gasteiger partial charge in [0, 0.05) is 22.5 Å². The minimum absolute atomic E-state index is 0.531. The Morgan fingerprint density at radius 3 is 1.31 bits per heavy atom. The van der Waals surface area contributed by atoms with Crippen LogP contribution in [-0.4, -0.2) is 0 Å². The molecule has 1 aliphatic heterocycles. The zero-order valence-corrected chi connectivity index (χ0v) is 43.8. The molecule has 2 heteroatoms. The Balaban J connectivity index is 0.974. The summed E-state index contributed by atoms with van der Waals surface area (Å²) in [7, 11) is 0. The second-order valence-electron chi connectivity index (χ2n) is 21.7. The first-order chi connectivity index (χ1) is 39.7. The van der Waals surface area contributed by atoms with E-state index in [1.807, 2.05) is 0 Å². The molecule has 0 fully saturated rings. The lowest BCUT2D eigenvalue weighted by atomic mass is 9.64. The van der Waals surface area contributed by atoms with E-state index in [-0.39, 0.29) is 0 Å². The van der Waals surface area contributed by atoms with Gasteiger partial charge < -0.3 is 9.80 Å². The van der Waals surface area contributed by atoms with Crippen LogP contribution in [0.2, 0.25) is 0 Å². The highest BCUT2D eigenvalue weighted by Crippen LogP contribution is 2.67. The fraction of sp³-hybridized carbons (Fsp3) is 0.0256. The second-order valence-corrected chi connectivity index (χ2v) is 21.7. The molecule has 0 amide bonds. The molecule has 0 saturated heterocycles. The van der Waals surface area contributed by atoms with Crippen LogP contribution in [0, 0.1) is 0 Å². The smallest absolute Gasteiger partial charge is 0.0755 e. The highest BCUT2D eigenvalue weighted by Gasteiger charge is 2.54. The average molecular weight is 1020 g/mol. The van der Waals surface area contributed by atoms with E-state index in [0.717, 1.165) is 28.3 Å². The van der Waals surface area contributed by atoms with Gasteiger partial charge in [-0.15, -0.1) is 0 Å². The molecule has 372 valence electrons. The van der Waals surface area contributed by atoms with E-state index in [1.165, 1.54) is 117 Å². The van der Waals surface area contributed by atoms with Gasteiger partial charge in [0.05, 0.1) is 33.6 Å². The number of fused-ring (bicyclic) bond motifs is 20. The van der Waals surface area contributed by atoms with Crippen LogP contribution in [-0.2, 0) is 10.8 Å². The first-order valence-corrected chi connectivity index (χ1v) is 27.9. The largest absolute Gasteiger partial charge is 0.310 e. The average Bonchev–Trinajstić information content (AvgIpc) is 3.11. The van der Waals surface area contributed by atoms with Crippen molar-refractivity contribution in [3.05, 3.63) is 348 Å². The molecule has 4 aliphatic rings. The first-order valence-electron chi connectivity index (χ1n) is 27.9. The summed E-state index contributed by atoms with van der Waals surface area (Å²) in [6.07, 6.45) is 0. The molecule has 0 N–H and O–H groups in total. The van der Waals surface area contributed by atoms with Crippen molar-refractivity contribution in [3.8, 4) is 55.6 Å². The van der Waals surface area contributed by atoms with E-state index < -0.39 is 10.8 Å². The molecule has 17 rings (SSSR count). The van der Waals surface area contributed by atoms with Crippen LogP contribution in [0.15, 0.2) is 303 Å². The van der Waals surface area contributed by atoms with Gasteiger partial charge in [0.25, 0.3) is 0 Å². The van der Waals surface area contributed by atoms with Crippen molar-refractivity contribution in [1.29, 1.82) is 0 Å². The van der Waals surface area contributed by atoms with Gasteiger partial charge in [0.2, 0.25) is 0 Å². The summed E-state index contributed by atoms with van der Waals surface area (Å²) in [6.45, 7) is 0. The standard InChI is InChI=1S/C78H50N2/c1-2-26-52(27-3-1)79-73-45-20-17-41-68(73)78(69-42-18-21-46-74(69)79)67-40-16-11-35-63(67)76-70(78)43-23-47-75(76)80(72-44-19-12-34-62(72)57-30-7-6-29-56(57)55-36-22-25-51-24-4-5-28-54(51)55)53-48-49-61-60-33-10-15-39-66(60)77(71(61)50-53)64-37-13-8-31-58(64)59-32-9-14-38-65(59)77/h1-50H. The van der Waals surface area contributed by atoms with Gasteiger partial charge in [-0.2, -0.15) is 0 Å². The van der Waals surface area contributed by atoms with Crippen LogP contribution >= 0.6 is 0 Å². The maximum Gasteiger partial charge on any atom is 0.0755 e. The number of hydrogen-bond donors (Lipinski definition) is 0. The summed E-state index contributed by atoms with van der Waals surface area (Å²) in [4.78, 5) is 5.08. The predicted molar refractivity (Wildman–Crippen MR) is 331 cm³/mol. The van der Waals surface area contributed by atoms with Gasteiger partial charge in [0.15, 0.2) is 0 Å². The number of benzene rings is 13. The molecule has 1 heterocycles. The normalized spacial score (nSPS) is 13.9. The zero-order chi connectivity index (χ0) is 52.5. The molecular weight excluding hydrogens is 965 g/mol. The molecule has 13 aromatic rings. The highest BCUT2D eigenvalue weighted by molar-refractivity contribution is 6.06. The van der Waals surface area contributed by atoms with Crippen molar-refractivity contribution >= 4 is 44.9 Å². The van der Waals surface area contributed by atoms with Gasteiger partial charge in [-0.3, -0.25) is 0 Å². The maximum atomic E-state index is 2.62. The van der Waals surface area contributed by atoms with E-state index >= 15 is 0 Å². The van der Waals surface area contributed by atoms with E-state index in [0.29, 0.717) is 0 Å². The van der Waals surface area contributed by atoms with Gasteiger partial charge >= 0.3 is 0 Å². The monoisotopic (exact) mass is 1010 g/mol. The minimum Gasteiger partial charge on any atom is -0.310 e. The topological polar surface area (TPSA) is 6.48 Å². The number of anilines is 6. The van der Waals surface area contributed by atoms with Gasteiger partial charge in [-0.05, 0) is 148 Å². The van der Waals surface area contributed by atoms with E-state index in [2.05, 4.69) is 313 Å². The van der Waals surface area contributed by atoms with E-state index in [1.54, 1.807) is 0 Å².